The molecule has 2 aliphatic rings. The molecule has 1 N–H and O–H groups in total. The fourth-order valence-corrected chi connectivity index (χ4v) is 5.88. The summed E-state index contributed by atoms with van der Waals surface area (Å²) in [5.74, 6) is 0.422. The first-order valence-corrected chi connectivity index (χ1v) is 12.7. The molecule has 2 saturated heterocycles. The van der Waals surface area contributed by atoms with Crippen molar-refractivity contribution in [2.24, 2.45) is 5.92 Å². The van der Waals surface area contributed by atoms with Crippen molar-refractivity contribution >= 4 is 21.7 Å². The first-order chi connectivity index (χ1) is 15.3. The van der Waals surface area contributed by atoms with Gasteiger partial charge in [-0.15, -0.1) is 0 Å². The summed E-state index contributed by atoms with van der Waals surface area (Å²) in [6, 6.07) is 15.5. The molecule has 0 spiro atoms. The second-order valence-corrected chi connectivity index (χ2v) is 10.7. The van der Waals surface area contributed by atoms with Gasteiger partial charge in [-0.25, -0.2) is 13.2 Å². The summed E-state index contributed by atoms with van der Waals surface area (Å²) in [4.78, 5) is 17.0. The standard InChI is InChI=1S/C24H32N4O3S/c1-19-8-9-23(16-20(19)2)32(30,31)28-14-12-26(13-15-28)24(29)25-17-21-10-11-27(18-21)22-6-4-3-5-7-22/h3-9,16,21H,10-15,17-18H2,1-2H3,(H,25,29). The number of hydrogen-bond acceptors (Lipinski definition) is 4. The van der Waals surface area contributed by atoms with Crippen LogP contribution in [0.4, 0.5) is 10.5 Å². The van der Waals surface area contributed by atoms with Crippen LogP contribution in [0, 0.1) is 19.8 Å². The first-order valence-electron chi connectivity index (χ1n) is 11.2. The van der Waals surface area contributed by atoms with Crippen LogP contribution < -0.4 is 10.2 Å². The zero-order valence-electron chi connectivity index (χ0n) is 18.8. The van der Waals surface area contributed by atoms with E-state index in [0.717, 1.165) is 30.6 Å². The summed E-state index contributed by atoms with van der Waals surface area (Å²) in [5.41, 5.74) is 3.25. The Morgan fingerprint density at radius 1 is 0.969 bits per heavy atom. The lowest BCUT2D eigenvalue weighted by molar-refractivity contribution is 0.171. The van der Waals surface area contributed by atoms with Gasteiger partial charge in [0.05, 0.1) is 4.90 Å². The second kappa shape index (κ2) is 9.50. The Morgan fingerprint density at radius 3 is 2.38 bits per heavy atom. The molecule has 8 heteroatoms. The number of sulfonamides is 1. The summed E-state index contributed by atoms with van der Waals surface area (Å²) in [6.45, 7) is 7.89. The number of rotatable bonds is 5. The minimum atomic E-state index is -3.54. The molecule has 1 atom stereocenters. The third-order valence-corrected chi connectivity index (χ3v) is 8.49. The monoisotopic (exact) mass is 456 g/mol. The lowest BCUT2D eigenvalue weighted by atomic mass is 10.1. The molecule has 32 heavy (non-hydrogen) atoms. The van der Waals surface area contributed by atoms with E-state index in [1.165, 1.54) is 9.99 Å². The summed E-state index contributed by atoms with van der Waals surface area (Å²) < 4.78 is 27.4. The molecular formula is C24H32N4O3S. The van der Waals surface area contributed by atoms with Crippen molar-refractivity contribution in [2.45, 2.75) is 25.2 Å². The highest BCUT2D eigenvalue weighted by Crippen LogP contribution is 2.23. The maximum Gasteiger partial charge on any atom is 0.317 e. The van der Waals surface area contributed by atoms with Crippen LogP contribution in [0.2, 0.25) is 0 Å². The van der Waals surface area contributed by atoms with Crippen molar-refractivity contribution in [3.05, 3.63) is 59.7 Å². The minimum absolute atomic E-state index is 0.105. The number of hydrogen-bond donors (Lipinski definition) is 1. The Balaban J connectivity index is 1.25. The fraction of sp³-hybridized carbons (Fsp3) is 0.458. The molecule has 0 radical (unpaired) electrons. The van der Waals surface area contributed by atoms with Gasteiger partial charge in [-0.2, -0.15) is 4.31 Å². The average Bonchev–Trinajstić information content (AvgIpc) is 3.29. The Bertz CT molecular complexity index is 1050. The van der Waals surface area contributed by atoms with E-state index >= 15 is 0 Å². The maximum atomic E-state index is 13.0. The van der Waals surface area contributed by atoms with E-state index in [-0.39, 0.29) is 6.03 Å². The van der Waals surface area contributed by atoms with E-state index in [4.69, 9.17) is 0 Å². The van der Waals surface area contributed by atoms with Gasteiger partial charge < -0.3 is 15.1 Å². The third-order valence-electron chi connectivity index (χ3n) is 6.59. The minimum Gasteiger partial charge on any atom is -0.371 e. The molecule has 0 aliphatic carbocycles. The number of anilines is 1. The smallest absolute Gasteiger partial charge is 0.317 e. The number of nitrogens with one attached hydrogen (secondary N) is 1. The van der Waals surface area contributed by atoms with Gasteiger partial charge in [-0.3, -0.25) is 0 Å². The highest BCUT2D eigenvalue weighted by molar-refractivity contribution is 7.89. The van der Waals surface area contributed by atoms with Gasteiger partial charge >= 0.3 is 6.03 Å². The van der Waals surface area contributed by atoms with Gasteiger partial charge in [0.1, 0.15) is 0 Å². The maximum absolute atomic E-state index is 13.0. The van der Waals surface area contributed by atoms with E-state index in [9.17, 15) is 13.2 Å². The number of nitrogens with zero attached hydrogens (tertiary/aromatic N) is 3. The number of benzene rings is 2. The number of piperazine rings is 1. The predicted molar refractivity (Wildman–Crippen MR) is 126 cm³/mol. The van der Waals surface area contributed by atoms with Crippen molar-refractivity contribution < 1.29 is 13.2 Å². The first kappa shape index (κ1) is 22.6. The third kappa shape index (κ3) is 4.91. The van der Waals surface area contributed by atoms with Crippen LogP contribution in [0.3, 0.4) is 0 Å². The number of para-hydroxylation sites is 1. The lowest BCUT2D eigenvalue weighted by Crippen LogP contribution is -2.53. The van der Waals surface area contributed by atoms with E-state index in [0.29, 0.717) is 43.5 Å². The van der Waals surface area contributed by atoms with Gasteiger partial charge in [0.15, 0.2) is 0 Å². The van der Waals surface area contributed by atoms with Crippen molar-refractivity contribution in [3.63, 3.8) is 0 Å². The number of carbonyl (C=O) groups is 1. The molecular weight excluding hydrogens is 424 g/mol. The molecule has 2 heterocycles. The lowest BCUT2D eigenvalue weighted by Gasteiger charge is -2.34. The number of urea groups is 1. The Morgan fingerprint density at radius 2 is 1.69 bits per heavy atom. The van der Waals surface area contributed by atoms with Crippen molar-refractivity contribution in [1.29, 1.82) is 0 Å². The molecule has 1 unspecified atom stereocenters. The van der Waals surface area contributed by atoms with E-state index in [1.54, 1.807) is 17.0 Å². The number of aryl methyl sites for hydroxylation is 2. The van der Waals surface area contributed by atoms with Crippen LogP contribution in [-0.2, 0) is 10.0 Å². The predicted octanol–water partition coefficient (Wildman–Crippen LogP) is 2.85. The summed E-state index contributed by atoms with van der Waals surface area (Å²) in [7, 11) is -3.54. The van der Waals surface area contributed by atoms with Gasteiger partial charge in [0, 0.05) is 51.5 Å². The van der Waals surface area contributed by atoms with Crippen LogP contribution in [-0.4, -0.2) is 69.5 Å². The molecule has 7 nitrogen and oxygen atoms in total. The van der Waals surface area contributed by atoms with E-state index in [1.807, 2.05) is 38.1 Å². The van der Waals surface area contributed by atoms with Crippen LogP contribution in [0.15, 0.2) is 53.4 Å². The average molecular weight is 457 g/mol. The van der Waals surface area contributed by atoms with Crippen LogP contribution >= 0.6 is 0 Å². The molecule has 2 aliphatic heterocycles. The summed E-state index contributed by atoms with van der Waals surface area (Å²) in [6.07, 6.45) is 1.05. The van der Waals surface area contributed by atoms with Gasteiger partial charge in [-0.1, -0.05) is 24.3 Å². The largest absolute Gasteiger partial charge is 0.371 e. The summed E-state index contributed by atoms with van der Waals surface area (Å²) in [5, 5.41) is 3.06. The Labute approximate surface area is 191 Å². The van der Waals surface area contributed by atoms with Gasteiger partial charge in [0.2, 0.25) is 10.0 Å². The number of amides is 2. The zero-order chi connectivity index (χ0) is 22.7. The molecule has 172 valence electrons. The van der Waals surface area contributed by atoms with Crippen molar-refractivity contribution in [3.8, 4) is 0 Å². The molecule has 0 aromatic heterocycles. The Kier molecular flexibility index (Phi) is 6.71. The van der Waals surface area contributed by atoms with E-state index in [2.05, 4.69) is 22.3 Å². The second-order valence-electron chi connectivity index (χ2n) is 8.76. The van der Waals surface area contributed by atoms with Crippen LogP contribution in [0.25, 0.3) is 0 Å². The van der Waals surface area contributed by atoms with Crippen molar-refractivity contribution in [2.75, 3.05) is 50.7 Å². The Hall–Kier alpha value is -2.58. The quantitative estimate of drug-likeness (QED) is 0.751. The fourth-order valence-electron chi connectivity index (χ4n) is 4.37. The SMILES string of the molecule is Cc1ccc(S(=O)(=O)N2CCN(C(=O)NCC3CCN(c4ccccc4)C3)CC2)cc1C. The van der Waals surface area contributed by atoms with Gasteiger partial charge in [-0.05, 0) is 61.6 Å². The molecule has 0 saturated carbocycles. The zero-order valence-corrected chi connectivity index (χ0v) is 19.6. The topological polar surface area (TPSA) is 73.0 Å². The van der Waals surface area contributed by atoms with Crippen LogP contribution in [0.1, 0.15) is 17.5 Å². The normalized spacial score (nSPS) is 19.9. The van der Waals surface area contributed by atoms with E-state index < -0.39 is 10.0 Å². The van der Waals surface area contributed by atoms with Gasteiger partial charge in [0.25, 0.3) is 0 Å². The number of carbonyl (C=O) groups excluding carboxylic acids is 1. The molecule has 2 amide bonds. The van der Waals surface area contributed by atoms with Crippen molar-refractivity contribution in [1.82, 2.24) is 14.5 Å². The molecule has 4 rings (SSSR count). The molecule has 2 fully saturated rings. The summed E-state index contributed by atoms with van der Waals surface area (Å²) >= 11 is 0. The van der Waals surface area contributed by atoms with Crippen LogP contribution in [0.5, 0.6) is 0 Å². The molecule has 2 aromatic rings. The highest BCUT2D eigenvalue weighted by atomic mass is 32.2. The molecule has 0 bridgehead atoms. The highest BCUT2D eigenvalue weighted by Gasteiger charge is 2.31. The molecule has 2 aromatic carbocycles.